The van der Waals surface area contributed by atoms with Crippen molar-refractivity contribution in [1.29, 1.82) is 0 Å². The zero-order valence-electron chi connectivity index (χ0n) is 7.57. The van der Waals surface area contributed by atoms with Gasteiger partial charge in [-0.25, -0.2) is 0 Å². The van der Waals surface area contributed by atoms with Crippen LogP contribution in [0.2, 0.25) is 0 Å². The van der Waals surface area contributed by atoms with Crippen molar-refractivity contribution in [3.8, 4) is 0 Å². The van der Waals surface area contributed by atoms with Crippen molar-refractivity contribution < 1.29 is 0 Å². The predicted octanol–water partition coefficient (Wildman–Crippen LogP) is 3.09. The lowest BCUT2D eigenvalue weighted by Crippen LogP contribution is -2.66. The third kappa shape index (κ3) is 1.84. The van der Waals surface area contributed by atoms with Crippen LogP contribution in [0.5, 0.6) is 0 Å². The Kier molecular flexibility index (Phi) is 2.91. The molecule has 0 bridgehead atoms. The zero-order valence-corrected chi connectivity index (χ0v) is 9.84. The Balaban J connectivity index is 2.71. The monoisotopic (exact) mass is 229 g/mol. The lowest BCUT2D eigenvalue weighted by molar-refractivity contribution is -0.0428. The second-order valence-corrected chi connectivity index (χ2v) is 6.36. The van der Waals surface area contributed by atoms with Gasteiger partial charge in [0.05, 0.1) is 6.04 Å². The SMILES string of the molecule is CCN1CC(C)(C)C1C(Cl)(Cl)Cl. The van der Waals surface area contributed by atoms with Gasteiger partial charge in [0, 0.05) is 6.54 Å². The van der Waals surface area contributed by atoms with E-state index in [1.54, 1.807) is 0 Å². The second-order valence-electron chi connectivity index (χ2n) is 4.00. The van der Waals surface area contributed by atoms with Crippen molar-refractivity contribution in [2.45, 2.75) is 30.6 Å². The summed E-state index contributed by atoms with van der Waals surface area (Å²) in [6, 6.07) is 0.0556. The van der Waals surface area contributed by atoms with Gasteiger partial charge >= 0.3 is 0 Å². The first-order chi connectivity index (χ1) is 5.29. The first kappa shape index (κ1) is 10.9. The van der Waals surface area contributed by atoms with Crippen molar-refractivity contribution >= 4 is 34.8 Å². The number of nitrogens with zero attached hydrogens (tertiary/aromatic N) is 1. The Labute approximate surface area is 89.0 Å². The molecule has 0 aliphatic carbocycles. The van der Waals surface area contributed by atoms with Gasteiger partial charge in [-0.05, 0) is 12.0 Å². The summed E-state index contributed by atoms with van der Waals surface area (Å²) in [5.74, 6) is 0. The smallest absolute Gasteiger partial charge is 0.206 e. The lowest BCUT2D eigenvalue weighted by Gasteiger charge is -2.56. The molecule has 1 rings (SSSR count). The average Bonchev–Trinajstić information content (AvgIpc) is 1.78. The van der Waals surface area contributed by atoms with Crippen LogP contribution in [-0.4, -0.2) is 27.8 Å². The van der Waals surface area contributed by atoms with Crippen LogP contribution in [0.3, 0.4) is 0 Å². The molecule has 1 heterocycles. The molecule has 1 aliphatic heterocycles. The highest BCUT2D eigenvalue weighted by atomic mass is 35.6. The minimum atomic E-state index is -1.15. The number of alkyl halides is 3. The second kappa shape index (κ2) is 3.20. The standard InChI is InChI=1S/C8H14Cl3N/c1-4-12-5-7(2,3)6(12)8(9,10)11/h6H,4-5H2,1-3H3. The summed E-state index contributed by atoms with van der Waals surface area (Å²) in [5, 5.41) is 0. The molecule has 1 nitrogen and oxygen atoms in total. The molecular formula is C8H14Cl3N. The maximum atomic E-state index is 5.88. The lowest BCUT2D eigenvalue weighted by atomic mass is 9.75. The van der Waals surface area contributed by atoms with Crippen LogP contribution >= 0.6 is 34.8 Å². The number of hydrogen-bond donors (Lipinski definition) is 0. The first-order valence-corrected chi connectivity index (χ1v) is 5.23. The fraction of sp³-hybridized carbons (Fsp3) is 1.00. The van der Waals surface area contributed by atoms with Gasteiger partial charge in [-0.15, -0.1) is 0 Å². The third-order valence-corrected chi connectivity index (χ3v) is 3.05. The minimum absolute atomic E-state index is 0.0556. The number of likely N-dealkylation sites (tertiary alicyclic amines) is 1. The van der Waals surface area contributed by atoms with Crippen LogP contribution in [0.15, 0.2) is 0 Å². The molecular weight excluding hydrogens is 216 g/mol. The van der Waals surface area contributed by atoms with Crippen molar-refractivity contribution in [2.24, 2.45) is 5.41 Å². The topological polar surface area (TPSA) is 3.24 Å². The molecule has 0 aromatic rings. The third-order valence-electron chi connectivity index (χ3n) is 2.43. The van der Waals surface area contributed by atoms with Crippen LogP contribution in [0.4, 0.5) is 0 Å². The van der Waals surface area contributed by atoms with Crippen molar-refractivity contribution in [3.05, 3.63) is 0 Å². The molecule has 0 saturated carbocycles. The van der Waals surface area contributed by atoms with E-state index in [1.165, 1.54) is 0 Å². The van der Waals surface area contributed by atoms with Crippen LogP contribution in [0.25, 0.3) is 0 Å². The van der Waals surface area contributed by atoms with Gasteiger partial charge < -0.3 is 0 Å². The molecule has 0 spiro atoms. The van der Waals surface area contributed by atoms with Gasteiger partial charge in [0.1, 0.15) is 0 Å². The van der Waals surface area contributed by atoms with Gasteiger partial charge in [-0.3, -0.25) is 4.90 Å². The summed E-state index contributed by atoms with van der Waals surface area (Å²) in [6.45, 7) is 8.31. The Bertz CT molecular complexity index is 164. The maximum Gasteiger partial charge on any atom is 0.206 e. The Morgan fingerprint density at radius 2 is 1.92 bits per heavy atom. The molecule has 0 amide bonds. The maximum absolute atomic E-state index is 5.88. The number of halogens is 3. The molecule has 0 N–H and O–H groups in total. The fourth-order valence-corrected chi connectivity index (χ4v) is 3.33. The molecule has 1 unspecified atom stereocenters. The molecule has 72 valence electrons. The number of rotatable bonds is 1. The highest BCUT2D eigenvalue weighted by Gasteiger charge is 2.54. The van der Waals surface area contributed by atoms with Gasteiger partial charge in [-0.1, -0.05) is 55.6 Å². The first-order valence-electron chi connectivity index (χ1n) is 4.10. The van der Waals surface area contributed by atoms with Crippen LogP contribution in [-0.2, 0) is 0 Å². The van der Waals surface area contributed by atoms with E-state index >= 15 is 0 Å². The summed E-state index contributed by atoms with van der Waals surface area (Å²) < 4.78 is -1.15. The van der Waals surface area contributed by atoms with Crippen LogP contribution in [0, 0.1) is 5.41 Å². The highest BCUT2D eigenvalue weighted by molar-refractivity contribution is 6.68. The van der Waals surface area contributed by atoms with Gasteiger partial charge in [0.15, 0.2) is 0 Å². The van der Waals surface area contributed by atoms with E-state index in [1.807, 2.05) is 0 Å². The summed E-state index contributed by atoms with van der Waals surface area (Å²) in [4.78, 5) is 2.19. The summed E-state index contributed by atoms with van der Waals surface area (Å²) in [5.41, 5.74) is 0.126. The minimum Gasteiger partial charge on any atom is -0.295 e. The van der Waals surface area contributed by atoms with E-state index < -0.39 is 3.79 Å². The Hall–Kier alpha value is 0.830. The molecule has 0 radical (unpaired) electrons. The van der Waals surface area contributed by atoms with E-state index in [0.717, 1.165) is 13.1 Å². The molecule has 0 aromatic carbocycles. The molecule has 12 heavy (non-hydrogen) atoms. The molecule has 1 saturated heterocycles. The molecule has 0 aromatic heterocycles. The van der Waals surface area contributed by atoms with Gasteiger partial charge in [-0.2, -0.15) is 0 Å². The molecule has 1 aliphatic rings. The van der Waals surface area contributed by atoms with E-state index in [-0.39, 0.29) is 11.5 Å². The Morgan fingerprint density at radius 1 is 1.42 bits per heavy atom. The largest absolute Gasteiger partial charge is 0.295 e. The van der Waals surface area contributed by atoms with Gasteiger partial charge in [0.2, 0.25) is 3.79 Å². The fourth-order valence-electron chi connectivity index (χ4n) is 2.03. The quantitative estimate of drug-likeness (QED) is 0.626. The summed E-state index contributed by atoms with van der Waals surface area (Å²) >= 11 is 17.6. The van der Waals surface area contributed by atoms with Crippen LogP contribution in [0.1, 0.15) is 20.8 Å². The van der Waals surface area contributed by atoms with E-state index in [9.17, 15) is 0 Å². The number of hydrogen-bond acceptors (Lipinski definition) is 1. The molecule has 4 heteroatoms. The van der Waals surface area contributed by atoms with Gasteiger partial charge in [0.25, 0.3) is 0 Å². The van der Waals surface area contributed by atoms with Crippen molar-refractivity contribution in [1.82, 2.24) is 4.90 Å². The Morgan fingerprint density at radius 3 is 2.08 bits per heavy atom. The summed E-state index contributed by atoms with van der Waals surface area (Å²) in [6.07, 6.45) is 0. The van der Waals surface area contributed by atoms with E-state index in [4.69, 9.17) is 34.8 Å². The van der Waals surface area contributed by atoms with E-state index in [0.29, 0.717) is 0 Å². The van der Waals surface area contributed by atoms with Crippen molar-refractivity contribution in [2.75, 3.05) is 13.1 Å². The molecule has 1 fully saturated rings. The average molecular weight is 231 g/mol. The van der Waals surface area contributed by atoms with Crippen LogP contribution < -0.4 is 0 Å². The molecule has 1 atom stereocenters. The zero-order chi connectivity index (χ0) is 9.57. The summed E-state index contributed by atoms with van der Waals surface area (Å²) in [7, 11) is 0. The van der Waals surface area contributed by atoms with Crippen molar-refractivity contribution in [3.63, 3.8) is 0 Å². The normalized spacial score (nSPS) is 30.0. The highest BCUT2D eigenvalue weighted by Crippen LogP contribution is 2.49. The van der Waals surface area contributed by atoms with E-state index in [2.05, 4.69) is 25.7 Å². The predicted molar refractivity (Wildman–Crippen MR) is 55.1 cm³/mol.